The van der Waals surface area contributed by atoms with Crippen LogP contribution in [0.4, 0.5) is 0 Å². The highest BCUT2D eigenvalue weighted by molar-refractivity contribution is 6.05. The van der Waals surface area contributed by atoms with Gasteiger partial charge >= 0.3 is 5.97 Å². The molecule has 3 nitrogen and oxygen atoms in total. The number of hydrogen-bond acceptors (Lipinski definition) is 1. The summed E-state index contributed by atoms with van der Waals surface area (Å²) in [6, 6.07) is 5.93. The normalized spacial score (nSPS) is 10.9. The summed E-state index contributed by atoms with van der Waals surface area (Å²) in [5.41, 5.74) is 3.40. The van der Waals surface area contributed by atoms with Gasteiger partial charge in [0.2, 0.25) is 0 Å². The molecular formula is C13H15NO2. The molecule has 0 bridgehead atoms. The number of aromatic carboxylic acids is 1. The monoisotopic (exact) mass is 217 g/mol. The highest BCUT2D eigenvalue weighted by Gasteiger charge is 2.18. The van der Waals surface area contributed by atoms with Gasteiger partial charge in [0.15, 0.2) is 0 Å². The van der Waals surface area contributed by atoms with Crippen molar-refractivity contribution in [3.8, 4) is 0 Å². The van der Waals surface area contributed by atoms with Crippen molar-refractivity contribution in [3.05, 3.63) is 35.0 Å². The maximum absolute atomic E-state index is 11.3. The largest absolute Gasteiger partial charge is 0.478 e. The summed E-state index contributed by atoms with van der Waals surface area (Å²) < 4.78 is 1.97. The molecule has 0 aliphatic heterocycles. The van der Waals surface area contributed by atoms with Crippen LogP contribution in [0.2, 0.25) is 0 Å². The number of hydrogen-bond donors (Lipinski definition) is 1. The molecule has 0 atom stereocenters. The van der Waals surface area contributed by atoms with Gasteiger partial charge in [0.25, 0.3) is 0 Å². The first kappa shape index (κ1) is 10.7. The van der Waals surface area contributed by atoms with Crippen LogP contribution in [0.1, 0.15) is 28.5 Å². The van der Waals surface area contributed by atoms with E-state index in [-0.39, 0.29) is 0 Å². The Balaban J connectivity index is 2.92. The van der Waals surface area contributed by atoms with Gasteiger partial charge in [0.05, 0.1) is 5.56 Å². The summed E-state index contributed by atoms with van der Waals surface area (Å²) in [4.78, 5) is 11.3. The van der Waals surface area contributed by atoms with Crippen LogP contribution in [0.3, 0.4) is 0 Å². The fourth-order valence-corrected chi connectivity index (χ4v) is 2.26. The summed E-state index contributed by atoms with van der Waals surface area (Å²) in [6.07, 6.45) is 0.728. The lowest BCUT2D eigenvalue weighted by Gasteiger charge is -2.01. The number of carboxylic acids is 1. The van der Waals surface area contributed by atoms with E-state index in [1.807, 2.05) is 43.7 Å². The van der Waals surface area contributed by atoms with Crippen molar-refractivity contribution in [3.63, 3.8) is 0 Å². The fourth-order valence-electron chi connectivity index (χ4n) is 2.26. The molecule has 1 aromatic heterocycles. The molecule has 0 aliphatic rings. The Labute approximate surface area is 94.3 Å². The molecule has 3 heteroatoms. The van der Waals surface area contributed by atoms with E-state index in [0.29, 0.717) is 5.56 Å². The molecule has 0 radical (unpaired) electrons. The zero-order valence-corrected chi connectivity index (χ0v) is 9.74. The van der Waals surface area contributed by atoms with E-state index in [1.54, 1.807) is 0 Å². The van der Waals surface area contributed by atoms with Gasteiger partial charge in [-0.3, -0.25) is 0 Å². The van der Waals surface area contributed by atoms with Crippen LogP contribution >= 0.6 is 0 Å². The van der Waals surface area contributed by atoms with Crippen molar-refractivity contribution in [2.45, 2.75) is 20.3 Å². The minimum Gasteiger partial charge on any atom is -0.478 e. The summed E-state index contributed by atoms with van der Waals surface area (Å²) in [5.74, 6) is -0.840. The zero-order valence-electron chi connectivity index (χ0n) is 9.74. The third-order valence-electron chi connectivity index (χ3n) is 3.02. The Morgan fingerprint density at radius 1 is 1.44 bits per heavy atom. The van der Waals surface area contributed by atoms with Gasteiger partial charge in [-0.1, -0.05) is 18.6 Å². The molecule has 1 N–H and O–H groups in total. The van der Waals surface area contributed by atoms with Gasteiger partial charge < -0.3 is 9.67 Å². The second-order valence-electron chi connectivity index (χ2n) is 4.06. The molecule has 2 aromatic rings. The Morgan fingerprint density at radius 2 is 2.12 bits per heavy atom. The van der Waals surface area contributed by atoms with E-state index in [9.17, 15) is 9.90 Å². The number of nitrogens with zero attached hydrogens (tertiary/aromatic N) is 1. The first-order valence-corrected chi connectivity index (χ1v) is 5.37. The van der Waals surface area contributed by atoms with Crippen LogP contribution in [0.15, 0.2) is 18.2 Å². The van der Waals surface area contributed by atoms with Crippen molar-refractivity contribution < 1.29 is 9.90 Å². The molecule has 16 heavy (non-hydrogen) atoms. The molecule has 0 saturated carbocycles. The molecule has 84 valence electrons. The van der Waals surface area contributed by atoms with E-state index in [1.165, 1.54) is 0 Å². The SMILES string of the molecule is CCc1c(C(=O)O)c2cc(C)ccc2n1C. The first-order chi connectivity index (χ1) is 7.56. The van der Waals surface area contributed by atoms with Crippen LogP contribution in [-0.4, -0.2) is 15.6 Å². The Hall–Kier alpha value is -1.77. The standard InChI is InChI=1S/C13H15NO2/c1-4-10-12(13(15)16)9-7-8(2)5-6-11(9)14(10)3/h5-7H,4H2,1-3H3,(H,15,16). The predicted molar refractivity (Wildman–Crippen MR) is 64.0 cm³/mol. The molecule has 1 aromatic carbocycles. The highest BCUT2D eigenvalue weighted by Crippen LogP contribution is 2.26. The summed E-state index contributed by atoms with van der Waals surface area (Å²) >= 11 is 0. The smallest absolute Gasteiger partial charge is 0.338 e. The van der Waals surface area contributed by atoms with E-state index in [4.69, 9.17) is 0 Å². The second-order valence-corrected chi connectivity index (χ2v) is 4.06. The maximum atomic E-state index is 11.3. The Morgan fingerprint density at radius 3 is 2.69 bits per heavy atom. The molecular weight excluding hydrogens is 202 g/mol. The van der Waals surface area contributed by atoms with Crippen molar-refractivity contribution >= 4 is 16.9 Å². The summed E-state index contributed by atoms with van der Waals surface area (Å²) in [5, 5.41) is 10.1. The number of carboxylic acid groups (broad SMARTS) is 1. The Bertz CT molecular complexity index is 567. The molecule has 0 fully saturated rings. The van der Waals surface area contributed by atoms with Gasteiger partial charge in [-0.15, -0.1) is 0 Å². The van der Waals surface area contributed by atoms with Crippen molar-refractivity contribution in [2.24, 2.45) is 7.05 Å². The summed E-state index contributed by atoms with van der Waals surface area (Å²) in [7, 11) is 1.92. The average Bonchev–Trinajstić information content (AvgIpc) is 2.50. The second kappa shape index (κ2) is 3.67. The zero-order chi connectivity index (χ0) is 11.9. The van der Waals surface area contributed by atoms with Crippen molar-refractivity contribution in [2.75, 3.05) is 0 Å². The van der Waals surface area contributed by atoms with Gasteiger partial charge in [0.1, 0.15) is 0 Å². The van der Waals surface area contributed by atoms with Crippen molar-refractivity contribution in [1.82, 2.24) is 4.57 Å². The number of rotatable bonds is 2. The minimum absolute atomic E-state index is 0.448. The van der Waals surface area contributed by atoms with E-state index in [2.05, 4.69) is 0 Å². The van der Waals surface area contributed by atoms with Crippen molar-refractivity contribution in [1.29, 1.82) is 0 Å². The maximum Gasteiger partial charge on any atom is 0.338 e. The van der Waals surface area contributed by atoms with Gasteiger partial charge in [0, 0.05) is 23.6 Å². The topological polar surface area (TPSA) is 42.2 Å². The third-order valence-corrected chi connectivity index (χ3v) is 3.02. The lowest BCUT2D eigenvalue weighted by Crippen LogP contribution is -2.02. The highest BCUT2D eigenvalue weighted by atomic mass is 16.4. The van der Waals surface area contributed by atoms with Gasteiger partial charge in [-0.05, 0) is 25.5 Å². The van der Waals surface area contributed by atoms with Crippen LogP contribution in [0.25, 0.3) is 10.9 Å². The quantitative estimate of drug-likeness (QED) is 0.840. The summed E-state index contributed by atoms with van der Waals surface area (Å²) in [6.45, 7) is 3.96. The molecule has 0 aliphatic carbocycles. The fraction of sp³-hybridized carbons (Fsp3) is 0.308. The lowest BCUT2D eigenvalue weighted by molar-refractivity contribution is 0.0697. The molecule has 0 amide bonds. The lowest BCUT2D eigenvalue weighted by atomic mass is 10.1. The molecule has 0 unspecified atom stereocenters. The molecule has 2 rings (SSSR count). The van der Waals surface area contributed by atoms with Crippen LogP contribution in [0.5, 0.6) is 0 Å². The first-order valence-electron chi connectivity index (χ1n) is 5.37. The molecule has 0 spiro atoms. The van der Waals surface area contributed by atoms with Crippen LogP contribution in [-0.2, 0) is 13.5 Å². The third kappa shape index (κ3) is 1.40. The van der Waals surface area contributed by atoms with Crippen LogP contribution < -0.4 is 0 Å². The number of fused-ring (bicyclic) bond motifs is 1. The number of benzene rings is 1. The number of carbonyl (C=O) groups is 1. The minimum atomic E-state index is -0.840. The number of aromatic nitrogens is 1. The molecule has 0 saturated heterocycles. The average molecular weight is 217 g/mol. The predicted octanol–water partition coefficient (Wildman–Crippen LogP) is 2.75. The molecule has 1 heterocycles. The van der Waals surface area contributed by atoms with E-state index in [0.717, 1.165) is 28.6 Å². The Kier molecular flexibility index (Phi) is 2.46. The number of aryl methyl sites for hydroxylation is 2. The van der Waals surface area contributed by atoms with E-state index < -0.39 is 5.97 Å². The van der Waals surface area contributed by atoms with E-state index >= 15 is 0 Å². The van der Waals surface area contributed by atoms with Gasteiger partial charge in [-0.25, -0.2) is 4.79 Å². The van der Waals surface area contributed by atoms with Crippen LogP contribution in [0, 0.1) is 6.92 Å². The van der Waals surface area contributed by atoms with Gasteiger partial charge in [-0.2, -0.15) is 0 Å².